The number of aromatic nitrogens is 3. The van der Waals surface area contributed by atoms with Crippen LogP contribution in [-0.2, 0) is 25.9 Å². The Morgan fingerprint density at radius 2 is 2.07 bits per heavy atom. The summed E-state index contributed by atoms with van der Waals surface area (Å²) in [5.41, 5.74) is 3.01. The number of halogens is 2. The van der Waals surface area contributed by atoms with E-state index >= 15 is 0 Å². The van der Waals surface area contributed by atoms with Gasteiger partial charge in [-0.25, -0.2) is 9.37 Å². The fourth-order valence-electron chi connectivity index (χ4n) is 3.73. The monoisotopic (exact) mass is 427 g/mol. The Morgan fingerprint density at radius 3 is 2.87 bits per heavy atom. The maximum absolute atomic E-state index is 14.3. The number of pyridine rings is 1. The lowest BCUT2D eigenvalue weighted by Crippen LogP contribution is -2.27. The van der Waals surface area contributed by atoms with Crippen LogP contribution in [0, 0.1) is 5.82 Å². The summed E-state index contributed by atoms with van der Waals surface area (Å²) in [6.07, 6.45) is 4.74. The third kappa shape index (κ3) is 4.52. The zero-order chi connectivity index (χ0) is 21.1. The van der Waals surface area contributed by atoms with Gasteiger partial charge in [0, 0.05) is 63.2 Å². The molecule has 0 bridgehead atoms. The van der Waals surface area contributed by atoms with Gasteiger partial charge in [-0.1, -0.05) is 29.8 Å². The molecule has 3 aromatic rings. The first-order chi connectivity index (χ1) is 14.5. The molecule has 4 rings (SSSR count). The van der Waals surface area contributed by atoms with Crippen LogP contribution in [0.2, 0.25) is 5.02 Å². The number of hydrogen-bond acceptors (Lipinski definition) is 5. The summed E-state index contributed by atoms with van der Waals surface area (Å²) >= 11 is 5.91. The van der Waals surface area contributed by atoms with Gasteiger partial charge in [0.05, 0.1) is 10.7 Å². The minimum Gasteiger partial charge on any atom is -0.341 e. The second-order valence-corrected chi connectivity index (χ2v) is 7.93. The van der Waals surface area contributed by atoms with Gasteiger partial charge in [-0.05, 0) is 24.1 Å². The Kier molecular flexibility index (Phi) is 6.11. The van der Waals surface area contributed by atoms with E-state index in [9.17, 15) is 9.18 Å². The van der Waals surface area contributed by atoms with Crippen molar-refractivity contribution in [2.24, 2.45) is 0 Å². The molecule has 30 heavy (non-hydrogen) atoms. The van der Waals surface area contributed by atoms with Gasteiger partial charge < -0.3 is 4.90 Å². The summed E-state index contributed by atoms with van der Waals surface area (Å²) in [7, 11) is 1.89. The highest BCUT2D eigenvalue weighted by Gasteiger charge is 2.21. The predicted molar refractivity (Wildman–Crippen MR) is 115 cm³/mol. The summed E-state index contributed by atoms with van der Waals surface area (Å²) in [4.78, 5) is 28.5. The molecule has 0 saturated heterocycles. The molecule has 1 aromatic carbocycles. The van der Waals surface area contributed by atoms with E-state index in [0.717, 1.165) is 11.3 Å². The molecular weight excluding hydrogens is 405 g/mol. The molecular formula is C22H23ClFN5O. The average Bonchev–Trinajstić information content (AvgIpc) is 2.95. The molecule has 8 heteroatoms. The van der Waals surface area contributed by atoms with Gasteiger partial charge in [0.2, 0.25) is 5.95 Å². The van der Waals surface area contributed by atoms with Crippen molar-refractivity contribution in [1.29, 1.82) is 0 Å². The minimum absolute atomic E-state index is 0.108. The van der Waals surface area contributed by atoms with Crippen molar-refractivity contribution in [3.63, 3.8) is 0 Å². The normalized spacial score (nSPS) is 14.2. The number of rotatable bonds is 5. The van der Waals surface area contributed by atoms with Crippen LogP contribution in [0.5, 0.6) is 0 Å². The second-order valence-electron chi connectivity index (χ2n) is 7.52. The molecule has 0 unspecified atom stereocenters. The zero-order valence-corrected chi connectivity index (χ0v) is 17.5. The van der Waals surface area contributed by atoms with Crippen LogP contribution in [0.1, 0.15) is 22.4 Å². The molecule has 6 nitrogen and oxygen atoms in total. The van der Waals surface area contributed by atoms with Gasteiger partial charge in [-0.2, -0.15) is 0 Å². The summed E-state index contributed by atoms with van der Waals surface area (Å²) in [5, 5.41) is 0.130. The molecule has 0 radical (unpaired) electrons. The number of H-pyrrole nitrogens is 1. The number of aromatic amines is 1. The van der Waals surface area contributed by atoms with Crippen molar-refractivity contribution in [1.82, 2.24) is 19.9 Å². The maximum atomic E-state index is 14.3. The quantitative estimate of drug-likeness (QED) is 0.677. The highest BCUT2D eigenvalue weighted by atomic mass is 35.5. The highest BCUT2D eigenvalue weighted by molar-refractivity contribution is 6.30. The van der Waals surface area contributed by atoms with Crippen LogP contribution in [0.3, 0.4) is 0 Å². The molecule has 156 valence electrons. The fraction of sp³-hybridized carbons (Fsp3) is 0.318. The fourth-order valence-corrected chi connectivity index (χ4v) is 3.93. The van der Waals surface area contributed by atoms with E-state index < -0.39 is 0 Å². The SMILES string of the molecule is CN(Cc1cccnc1)c1nc2c(c(=O)[nH]1)CCN(Cc1cccc(Cl)c1F)CC2. The number of hydrogen-bond donors (Lipinski definition) is 1. The van der Waals surface area contributed by atoms with Crippen molar-refractivity contribution in [3.8, 4) is 0 Å². The second kappa shape index (κ2) is 8.93. The molecule has 1 aliphatic rings. The lowest BCUT2D eigenvalue weighted by molar-refractivity contribution is 0.275. The van der Waals surface area contributed by atoms with Gasteiger partial charge >= 0.3 is 0 Å². The third-order valence-electron chi connectivity index (χ3n) is 5.36. The molecule has 0 fully saturated rings. The standard InChI is InChI=1S/C22H23ClFN5O/c1-28(13-15-4-3-9-25-12-15)22-26-19-8-11-29(10-7-17(19)21(30)27-22)14-16-5-2-6-18(23)20(16)24/h2-6,9,12H,7-8,10-11,13-14H2,1H3,(H,26,27,30). The van der Waals surface area contributed by atoms with Gasteiger partial charge in [-0.15, -0.1) is 0 Å². The minimum atomic E-state index is -0.379. The predicted octanol–water partition coefficient (Wildman–Crippen LogP) is 3.19. The molecule has 3 heterocycles. The van der Waals surface area contributed by atoms with Crippen LogP contribution in [0.15, 0.2) is 47.5 Å². The van der Waals surface area contributed by atoms with Crippen molar-refractivity contribution in [2.75, 3.05) is 25.0 Å². The van der Waals surface area contributed by atoms with Gasteiger partial charge in [-0.3, -0.25) is 19.7 Å². The number of anilines is 1. The van der Waals surface area contributed by atoms with E-state index in [4.69, 9.17) is 16.6 Å². The van der Waals surface area contributed by atoms with Gasteiger partial charge in [0.1, 0.15) is 5.82 Å². The first kappa shape index (κ1) is 20.5. The van der Waals surface area contributed by atoms with Crippen LogP contribution < -0.4 is 10.5 Å². The van der Waals surface area contributed by atoms with E-state index in [1.165, 1.54) is 0 Å². The summed E-state index contributed by atoms with van der Waals surface area (Å²) in [6, 6.07) is 8.91. The third-order valence-corrected chi connectivity index (χ3v) is 5.65. The van der Waals surface area contributed by atoms with E-state index in [1.54, 1.807) is 30.6 Å². The molecule has 0 saturated carbocycles. The number of benzene rings is 1. The number of nitrogens with one attached hydrogen (secondary N) is 1. The average molecular weight is 428 g/mol. The topological polar surface area (TPSA) is 65.1 Å². The molecule has 0 atom stereocenters. The van der Waals surface area contributed by atoms with Crippen LogP contribution in [0.4, 0.5) is 10.3 Å². The van der Waals surface area contributed by atoms with Crippen LogP contribution in [0.25, 0.3) is 0 Å². The molecule has 0 spiro atoms. The molecule has 0 aliphatic carbocycles. The van der Waals surface area contributed by atoms with Crippen molar-refractivity contribution in [2.45, 2.75) is 25.9 Å². The Balaban J connectivity index is 1.50. The lowest BCUT2D eigenvalue weighted by atomic mass is 10.1. The largest absolute Gasteiger partial charge is 0.341 e. The van der Waals surface area contributed by atoms with Gasteiger partial charge in [0.25, 0.3) is 5.56 Å². The van der Waals surface area contributed by atoms with E-state index in [1.807, 2.05) is 24.1 Å². The Morgan fingerprint density at radius 1 is 1.23 bits per heavy atom. The Bertz CT molecular complexity index is 1090. The van der Waals surface area contributed by atoms with Crippen LogP contribution in [-0.4, -0.2) is 40.0 Å². The maximum Gasteiger partial charge on any atom is 0.255 e. The van der Waals surface area contributed by atoms with Crippen LogP contribution >= 0.6 is 11.6 Å². The van der Waals surface area contributed by atoms with E-state index in [2.05, 4.69) is 14.9 Å². The zero-order valence-electron chi connectivity index (χ0n) is 16.7. The van der Waals surface area contributed by atoms with Gasteiger partial charge in [0.15, 0.2) is 0 Å². The summed E-state index contributed by atoms with van der Waals surface area (Å²) in [5.74, 6) is 0.160. The molecule has 1 aliphatic heterocycles. The van der Waals surface area contributed by atoms with Crippen molar-refractivity contribution >= 4 is 17.5 Å². The lowest BCUT2D eigenvalue weighted by Gasteiger charge is -2.20. The number of nitrogens with zero attached hydrogens (tertiary/aromatic N) is 4. The first-order valence-corrected chi connectivity index (χ1v) is 10.3. The summed E-state index contributed by atoms with van der Waals surface area (Å²) in [6.45, 7) is 2.40. The first-order valence-electron chi connectivity index (χ1n) is 9.88. The Hall–Kier alpha value is -2.77. The molecule has 2 aromatic heterocycles. The Labute approximate surface area is 179 Å². The van der Waals surface area contributed by atoms with E-state index in [0.29, 0.717) is 56.1 Å². The smallest absolute Gasteiger partial charge is 0.255 e. The molecule has 0 amide bonds. The highest BCUT2D eigenvalue weighted by Crippen LogP contribution is 2.21. The van der Waals surface area contributed by atoms with E-state index in [-0.39, 0.29) is 16.4 Å². The number of fused-ring (bicyclic) bond motifs is 1. The van der Waals surface area contributed by atoms with Crippen molar-refractivity contribution in [3.05, 3.63) is 86.3 Å². The van der Waals surface area contributed by atoms with Crippen molar-refractivity contribution < 1.29 is 4.39 Å². The summed E-state index contributed by atoms with van der Waals surface area (Å²) < 4.78 is 14.3. The molecule has 1 N–H and O–H groups in total.